The van der Waals surface area contributed by atoms with Gasteiger partial charge >= 0.3 is 0 Å². The van der Waals surface area contributed by atoms with Gasteiger partial charge in [-0.15, -0.1) is 0 Å². The van der Waals surface area contributed by atoms with E-state index in [2.05, 4.69) is 5.32 Å². The van der Waals surface area contributed by atoms with Crippen LogP contribution in [0.25, 0.3) is 0 Å². The lowest BCUT2D eigenvalue weighted by atomic mass is 10.0. The average Bonchev–Trinajstić information content (AvgIpc) is 2.38. The molecule has 0 aromatic heterocycles. The van der Waals surface area contributed by atoms with E-state index in [1.54, 1.807) is 18.2 Å². The summed E-state index contributed by atoms with van der Waals surface area (Å²) in [5.41, 5.74) is 5.37. The molecule has 92 valence electrons. The van der Waals surface area contributed by atoms with Gasteiger partial charge in [-0.3, -0.25) is 0 Å². The standard InChI is InChI=1S/C11H15N3O3/c12-4-8-2-1-3-9(10(8)13)14-11(5-15,6-16)7-17/h1-3,14-17H,5-7,13H2. The number of hydrogen-bond donors (Lipinski definition) is 5. The number of aliphatic hydroxyl groups is 3. The second-order valence-electron chi connectivity index (χ2n) is 3.76. The molecular formula is C11H15N3O3. The van der Waals surface area contributed by atoms with Gasteiger partial charge in [0.05, 0.1) is 36.8 Å². The maximum absolute atomic E-state index is 9.17. The highest BCUT2D eigenvalue weighted by atomic mass is 16.3. The van der Waals surface area contributed by atoms with Gasteiger partial charge in [0.25, 0.3) is 0 Å². The number of anilines is 2. The number of hydrogen-bond acceptors (Lipinski definition) is 6. The van der Waals surface area contributed by atoms with E-state index >= 15 is 0 Å². The zero-order valence-corrected chi connectivity index (χ0v) is 9.22. The first-order chi connectivity index (χ1) is 8.12. The van der Waals surface area contributed by atoms with Gasteiger partial charge in [0.2, 0.25) is 0 Å². The number of nitrogens with two attached hydrogens (primary N) is 1. The van der Waals surface area contributed by atoms with Crippen molar-refractivity contribution >= 4 is 11.4 Å². The molecule has 0 saturated carbocycles. The SMILES string of the molecule is N#Cc1cccc(NC(CO)(CO)CO)c1N. The highest BCUT2D eigenvalue weighted by Gasteiger charge is 2.28. The van der Waals surface area contributed by atoms with Crippen LogP contribution in [0, 0.1) is 11.3 Å². The van der Waals surface area contributed by atoms with Crippen LogP contribution in [0.3, 0.4) is 0 Å². The van der Waals surface area contributed by atoms with Crippen LogP contribution in [0.15, 0.2) is 18.2 Å². The highest BCUT2D eigenvalue weighted by Crippen LogP contribution is 2.25. The largest absolute Gasteiger partial charge is 0.396 e. The van der Waals surface area contributed by atoms with Crippen molar-refractivity contribution in [2.75, 3.05) is 30.9 Å². The number of nitriles is 1. The molecule has 1 rings (SSSR count). The molecule has 17 heavy (non-hydrogen) atoms. The third-order valence-electron chi connectivity index (χ3n) is 2.53. The first kappa shape index (κ1) is 13.3. The van der Waals surface area contributed by atoms with E-state index in [9.17, 15) is 0 Å². The van der Waals surface area contributed by atoms with E-state index in [1.165, 1.54) is 0 Å². The molecular weight excluding hydrogens is 222 g/mol. The van der Waals surface area contributed by atoms with Crippen molar-refractivity contribution in [3.05, 3.63) is 23.8 Å². The molecule has 0 bridgehead atoms. The Kier molecular flexibility index (Phi) is 4.29. The second kappa shape index (κ2) is 5.50. The number of nitrogens with zero attached hydrogens (tertiary/aromatic N) is 1. The Morgan fingerprint density at radius 2 is 1.82 bits per heavy atom. The molecule has 0 amide bonds. The molecule has 6 heteroatoms. The van der Waals surface area contributed by atoms with Gasteiger partial charge in [-0.25, -0.2) is 0 Å². The van der Waals surface area contributed by atoms with Crippen molar-refractivity contribution in [2.24, 2.45) is 0 Å². The Bertz CT molecular complexity index is 416. The molecule has 0 aliphatic carbocycles. The Balaban J connectivity index is 3.07. The van der Waals surface area contributed by atoms with Crippen molar-refractivity contribution in [3.8, 4) is 6.07 Å². The van der Waals surface area contributed by atoms with Crippen LogP contribution in [-0.2, 0) is 0 Å². The number of nitrogens with one attached hydrogen (secondary N) is 1. The third-order valence-corrected chi connectivity index (χ3v) is 2.53. The fourth-order valence-electron chi connectivity index (χ4n) is 1.33. The van der Waals surface area contributed by atoms with Gasteiger partial charge < -0.3 is 26.4 Å². The second-order valence-corrected chi connectivity index (χ2v) is 3.76. The summed E-state index contributed by atoms with van der Waals surface area (Å²) < 4.78 is 0. The summed E-state index contributed by atoms with van der Waals surface area (Å²) in [5, 5.41) is 39.1. The minimum atomic E-state index is -1.26. The minimum absolute atomic E-state index is 0.217. The number of nitrogen functional groups attached to an aromatic ring is 1. The Labute approximate surface area is 98.9 Å². The highest BCUT2D eigenvalue weighted by molar-refractivity contribution is 5.73. The normalized spacial score (nSPS) is 10.9. The number of benzene rings is 1. The van der Waals surface area contributed by atoms with E-state index < -0.39 is 25.4 Å². The molecule has 0 heterocycles. The summed E-state index contributed by atoms with van der Waals surface area (Å²) in [6.07, 6.45) is 0. The Hall–Kier alpha value is -1.81. The van der Waals surface area contributed by atoms with Crippen LogP contribution in [0.4, 0.5) is 11.4 Å². The minimum Gasteiger partial charge on any atom is -0.396 e. The van der Waals surface area contributed by atoms with Gasteiger partial charge in [-0.05, 0) is 12.1 Å². The number of rotatable bonds is 5. The first-order valence-electron chi connectivity index (χ1n) is 5.02. The van der Waals surface area contributed by atoms with Crippen LogP contribution in [0.5, 0.6) is 0 Å². The number of para-hydroxylation sites is 1. The predicted octanol–water partition coefficient (Wildman–Crippen LogP) is -0.732. The van der Waals surface area contributed by atoms with Crippen LogP contribution in [-0.4, -0.2) is 40.7 Å². The molecule has 0 fully saturated rings. The summed E-state index contributed by atoms with van der Waals surface area (Å²) in [7, 11) is 0. The monoisotopic (exact) mass is 237 g/mol. The van der Waals surface area contributed by atoms with Crippen LogP contribution < -0.4 is 11.1 Å². The molecule has 0 unspecified atom stereocenters. The first-order valence-corrected chi connectivity index (χ1v) is 5.02. The summed E-state index contributed by atoms with van der Waals surface area (Å²) in [6.45, 7) is -1.39. The molecule has 0 spiro atoms. The lowest BCUT2D eigenvalue weighted by molar-refractivity contribution is 0.0834. The Morgan fingerprint density at radius 1 is 1.24 bits per heavy atom. The summed E-state index contributed by atoms with van der Waals surface area (Å²) in [4.78, 5) is 0. The van der Waals surface area contributed by atoms with Gasteiger partial charge in [0.15, 0.2) is 0 Å². The molecule has 1 aromatic carbocycles. The van der Waals surface area contributed by atoms with E-state index in [0.717, 1.165) is 0 Å². The van der Waals surface area contributed by atoms with Crippen molar-refractivity contribution in [1.29, 1.82) is 5.26 Å². The van der Waals surface area contributed by atoms with Gasteiger partial charge in [0.1, 0.15) is 11.6 Å². The van der Waals surface area contributed by atoms with Crippen LogP contribution in [0.1, 0.15) is 5.56 Å². The van der Waals surface area contributed by atoms with E-state index in [0.29, 0.717) is 5.69 Å². The molecule has 0 atom stereocenters. The molecule has 6 N–H and O–H groups in total. The summed E-state index contributed by atoms with van der Waals surface area (Å²) >= 11 is 0. The number of aliphatic hydroxyl groups excluding tert-OH is 3. The predicted molar refractivity (Wildman–Crippen MR) is 63.2 cm³/mol. The Morgan fingerprint density at radius 3 is 2.29 bits per heavy atom. The molecule has 0 radical (unpaired) electrons. The smallest absolute Gasteiger partial charge is 0.107 e. The fourth-order valence-corrected chi connectivity index (χ4v) is 1.33. The third kappa shape index (κ3) is 2.65. The van der Waals surface area contributed by atoms with Crippen molar-refractivity contribution in [3.63, 3.8) is 0 Å². The van der Waals surface area contributed by atoms with Gasteiger partial charge in [-0.1, -0.05) is 6.07 Å². The molecule has 0 aliphatic rings. The molecule has 0 aliphatic heterocycles. The zero-order valence-electron chi connectivity index (χ0n) is 9.22. The zero-order chi connectivity index (χ0) is 12.9. The fraction of sp³-hybridized carbons (Fsp3) is 0.364. The van der Waals surface area contributed by atoms with Gasteiger partial charge in [0, 0.05) is 0 Å². The topological polar surface area (TPSA) is 123 Å². The summed E-state index contributed by atoms with van der Waals surface area (Å²) in [5.74, 6) is 0. The quantitative estimate of drug-likeness (QED) is 0.430. The van der Waals surface area contributed by atoms with Crippen LogP contribution in [0.2, 0.25) is 0 Å². The maximum Gasteiger partial charge on any atom is 0.107 e. The van der Waals surface area contributed by atoms with Crippen molar-refractivity contribution < 1.29 is 15.3 Å². The van der Waals surface area contributed by atoms with E-state index in [1.807, 2.05) is 6.07 Å². The lowest BCUT2D eigenvalue weighted by Crippen LogP contribution is -2.49. The lowest BCUT2D eigenvalue weighted by Gasteiger charge is -2.30. The maximum atomic E-state index is 9.17. The van der Waals surface area contributed by atoms with Crippen molar-refractivity contribution in [1.82, 2.24) is 0 Å². The van der Waals surface area contributed by atoms with Gasteiger partial charge in [-0.2, -0.15) is 5.26 Å². The van der Waals surface area contributed by atoms with Crippen molar-refractivity contribution in [2.45, 2.75) is 5.54 Å². The van der Waals surface area contributed by atoms with Crippen LogP contribution >= 0.6 is 0 Å². The van der Waals surface area contributed by atoms with E-state index in [-0.39, 0.29) is 11.3 Å². The van der Waals surface area contributed by atoms with E-state index in [4.69, 9.17) is 26.3 Å². The molecule has 0 saturated heterocycles. The molecule has 6 nitrogen and oxygen atoms in total. The summed E-state index contributed by atoms with van der Waals surface area (Å²) in [6, 6.07) is 6.70. The molecule has 1 aromatic rings. The average molecular weight is 237 g/mol.